The van der Waals surface area contributed by atoms with Crippen LogP contribution in [0.15, 0.2) is 36.5 Å². The first-order valence-corrected chi connectivity index (χ1v) is 11.7. The Morgan fingerprint density at radius 2 is 1.97 bits per heavy atom. The van der Waals surface area contributed by atoms with Gasteiger partial charge in [0.25, 0.3) is 0 Å². The Balaban J connectivity index is 1.50. The topological polar surface area (TPSA) is 57.3 Å². The number of alkyl halides is 3. The summed E-state index contributed by atoms with van der Waals surface area (Å²) in [5, 5.41) is 4.96. The molecule has 1 amide bonds. The Hall–Kier alpha value is -2.84. The lowest BCUT2D eigenvalue weighted by Crippen LogP contribution is -2.36. The number of hydrogen-bond donors (Lipinski definition) is 2. The highest BCUT2D eigenvalue weighted by Gasteiger charge is 2.29. The number of carbonyl (C=O) groups is 1. The molecule has 2 atom stereocenters. The first-order valence-electron chi connectivity index (χ1n) is 11.7. The largest absolute Gasteiger partial charge is 0.405 e. The van der Waals surface area contributed by atoms with Crippen molar-refractivity contribution in [3.8, 4) is 0 Å². The van der Waals surface area contributed by atoms with Crippen molar-refractivity contribution in [1.82, 2.24) is 10.3 Å². The van der Waals surface area contributed by atoms with Gasteiger partial charge in [0.05, 0.1) is 11.6 Å². The lowest BCUT2D eigenvalue weighted by Gasteiger charge is -2.20. The van der Waals surface area contributed by atoms with Gasteiger partial charge in [0.15, 0.2) is 11.6 Å². The van der Waals surface area contributed by atoms with Crippen LogP contribution in [0, 0.1) is 11.7 Å². The van der Waals surface area contributed by atoms with E-state index in [2.05, 4.69) is 15.2 Å². The van der Waals surface area contributed by atoms with Crippen molar-refractivity contribution in [1.29, 1.82) is 0 Å². The number of rotatable bonds is 10. The molecule has 0 radical (unpaired) electrons. The molecule has 1 aromatic heterocycles. The number of carbonyl (C=O) groups excluding carboxylic acids is 1. The van der Waals surface area contributed by atoms with Crippen molar-refractivity contribution < 1.29 is 22.4 Å². The van der Waals surface area contributed by atoms with Gasteiger partial charge in [0.2, 0.25) is 5.91 Å². The molecule has 9 heteroatoms. The average molecular weight is 481 g/mol. The van der Waals surface area contributed by atoms with Gasteiger partial charge in [-0.2, -0.15) is 13.2 Å². The first-order chi connectivity index (χ1) is 16.2. The lowest BCUT2D eigenvalue weighted by molar-refractivity contribution is -0.139. The highest BCUT2D eigenvalue weighted by molar-refractivity contribution is 5.83. The van der Waals surface area contributed by atoms with Gasteiger partial charge in [-0.25, -0.2) is 9.37 Å². The number of benzene rings is 1. The molecule has 186 valence electrons. The van der Waals surface area contributed by atoms with Gasteiger partial charge in [-0.05, 0) is 55.7 Å². The molecule has 2 aromatic rings. The van der Waals surface area contributed by atoms with Crippen LogP contribution < -0.4 is 15.5 Å². The zero-order valence-electron chi connectivity index (χ0n) is 19.6. The van der Waals surface area contributed by atoms with Gasteiger partial charge < -0.3 is 15.5 Å². The minimum atomic E-state index is -4.42. The third-order valence-electron chi connectivity index (χ3n) is 6.22. The summed E-state index contributed by atoms with van der Waals surface area (Å²) < 4.78 is 51.8. The predicted octanol–water partition coefficient (Wildman–Crippen LogP) is 5.28. The van der Waals surface area contributed by atoms with E-state index in [1.54, 1.807) is 31.3 Å². The normalized spacial score (nSPS) is 17.0. The van der Waals surface area contributed by atoms with Crippen LogP contribution in [0.1, 0.15) is 50.2 Å². The van der Waals surface area contributed by atoms with E-state index < -0.39 is 24.5 Å². The summed E-state index contributed by atoms with van der Waals surface area (Å²) in [6.45, 7) is 4.53. The molecule has 0 bridgehead atoms. The van der Waals surface area contributed by atoms with Crippen LogP contribution in [0.5, 0.6) is 0 Å². The summed E-state index contributed by atoms with van der Waals surface area (Å²) in [6, 6.07) is 9.16. The minimum Gasteiger partial charge on any atom is -0.369 e. The summed E-state index contributed by atoms with van der Waals surface area (Å²) >= 11 is 0. The number of nitrogens with zero attached hydrogens (tertiary/aromatic N) is 2. The standard InChI is InChI=1S/C25H32F4N4O/c1-3-12-30-23-22(26)21(10-13-31-23)33-14-11-19(15-33)5-4-18-6-8-20(9-7-18)17(2)24(34)32-16-25(27,28)29/h6-10,13,17,19H,3-5,11-12,14-16H2,1-2H3,(H,30,31)(H,32,34)/t17?,19-/m1/s1. The maximum Gasteiger partial charge on any atom is 0.405 e. The molecule has 1 aliphatic rings. The molecule has 2 heterocycles. The molecule has 1 fully saturated rings. The summed E-state index contributed by atoms with van der Waals surface area (Å²) in [5.41, 5.74) is 2.36. The van der Waals surface area contributed by atoms with E-state index in [1.165, 1.54) is 0 Å². The molecule has 1 saturated heterocycles. The second-order valence-electron chi connectivity index (χ2n) is 8.86. The van der Waals surface area contributed by atoms with Crippen molar-refractivity contribution in [3.63, 3.8) is 0 Å². The van der Waals surface area contributed by atoms with Gasteiger partial charge in [0, 0.05) is 25.8 Å². The van der Waals surface area contributed by atoms with E-state index in [0.717, 1.165) is 44.3 Å². The van der Waals surface area contributed by atoms with Gasteiger partial charge in [-0.15, -0.1) is 0 Å². The van der Waals surface area contributed by atoms with Crippen LogP contribution in [0.2, 0.25) is 0 Å². The van der Waals surface area contributed by atoms with Crippen LogP contribution in [0.3, 0.4) is 0 Å². The van der Waals surface area contributed by atoms with Gasteiger partial charge >= 0.3 is 6.18 Å². The number of nitrogens with one attached hydrogen (secondary N) is 2. The number of aryl methyl sites for hydroxylation is 1. The summed E-state index contributed by atoms with van der Waals surface area (Å²) in [5.74, 6) is -0.879. The van der Waals surface area contributed by atoms with Crippen LogP contribution in [-0.4, -0.2) is 43.2 Å². The monoisotopic (exact) mass is 480 g/mol. The van der Waals surface area contributed by atoms with E-state index in [-0.39, 0.29) is 5.82 Å². The second-order valence-corrected chi connectivity index (χ2v) is 8.86. The number of anilines is 2. The zero-order valence-corrected chi connectivity index (χ0v) is 19.6. The third-order valence-corrected chi connectivity index (χ3v) is 6.22. The van der Waals surface area contributed by atoms with Crippen LogP contribution in [0.4, 0.5) is 29.1 Å². The molecule has 1 unspecified atom stereocenters. The third kappa shape index (κ3) is 7.08. The first kappa shape index (κ1) is 25.8. The minimum absolute atomic E-state index is 0.296. The number of halogens is 4. The molecule has 0 spiro atoms. The fourth-order valence-electron chi connectivity index (χ4n) is 4.17. The Bertz CT molecular complexity index is 949. The summed E-state index contributed by atoms with van der Waals surface area (Å²) in [6.07, 6.45) is 0.874. The predicted molar refractivity (Wildman–Crippen MR) is 126 cm³/mol. The van der Waals surface area contributed by atoms with Crippen LogP contribution in [-0.2, 0) is 11.2 Å². The van der Waals surface area contributed by atoms with Gasteiger partial charge in [-0.1, -0.05) is 31.2 Å². The Kier molecular flexibility index (Phi) is 8.74. The molecular weight excluding hydrogens is 448 g/mol. The second kappa shape index (κ2) is 11.5. The summed E-state index contributed by atoms with van der Waals surface area (Å²) in [7, 11) is 0. The Morgan fingerprint density at radius 1 is 1.24 bits per heavy atom. The fraction of sp³-hybridized carbons (Fsp3) is 0.520. The molecule has 34 heavy (non-hydrogen) atoms. The maximum atomic E-state index is 14.8. The molecule has 1 aliphatic heterocycles. The van der Waals surface area contributed by atoms with Crippen molar-refractivity contribution in [2.45, 2.75) is 51.6 Å². The van der Waals surface area contributed by atoms with Crippen LogP contribution >= 0.6 is 0 Å². The Morgan fingerprint density at radius 3 is 2.65 bits per heavy atom. The van der Waals surface area contributed by atoms with Gasteiger partial charge in [0.1, 0.15) is 6.54 Å². The average Bonchev–Trinajstić information content (AvgIpc) is 3.28. The molecule has 3 rings (SSSR count). The molecule has 0 saturated carbocycles. The van der Waals surface area contributed by atoms with Crippen molar-refractivity contribution in [3.05, 3.63) is 53.5 Å². The lowest BCUT2D eigenvalue weighted by atomic mass is 9.95. The molecule has 5 nitrogen and oxygen atoms in total. The van der Waals surface area contributed by atoms with E-state index in [1.807, 2.05) is 24.4 Å². The Labute approximate surface area is 197 Å². The van der Waals surface area contributed by atoms with Crippen molar-refractivity contribution >= 4 is 17.4 Å². The quantitative estimate of drug-likeness (QED) is 0.454. The van der Waals surface area contributed by atoms with Crippen molar-refractivity contribution in [2.75, 3.05) is 36.4 Å². The van der Waals surface area contributed by atoms with Crippen LogP contribution in [0.25, 0.3) is 0 Å². The zero-order chi connectivity index (χ0) is 24.7. The number of hydrogen-bond acceptors (Lipinski definition) is 4. The molecule has 1 aromatic carbocycles. The fourth-order valence-corrected chi connectivity index (χ4v) is 4.17. The highest BCUT2D eigenvalue weighted by Crippen LogP contribution is 2.31. The number of aromatic nitrogens is 1. The maximum absolute atomic E-state index is 14.8. The number of pyridine rings is 1. The van der Waals surface area contributed by atoms with Gasteiger partial charge in [-0.3, -0.25) is 4.79 Å². The highest BCUT2D eigenvalue weighted by atomic mass is 19.4. The number of amides is 1. The van der Waals surface area contributed by atoms with E-state index >= 15 is 0 Å². The van der Waals surface area contributed by atoms with E-state index in [9.17, 15) is 22.4 Å². The van der Waals surface area contributed by atoms with E-state index in [4.69, 9.17) is 0 Å². The molecular formula is C25H32F4N4O. The molecule has 0 aliphatic carbocycles. The molecule has 2 N–H and O–H groups in total. The SMILES string of the molecule is CCCNc1nccc(N2CC[C@@H](CCc3ccc(C(C)C(=O)NCC(F)(F)F)cc3)C2)c1F. The summed E-state index contributed by atoms with van der Waals surface area (Å²) in [4.78, 5) is 18.1. The van der Waals surface area contributed by atoms with E-state index in [0.29, 0.717) is 29.5 Å². The van der Waals surface area contributed by atoms with Crippen molar-refractivity contribution in [2.24, 2.45) is 5.92 Å². The smallest absolute Gasteiger partial charge is 0.369 e.